The Hall–Kier alpha value is -5.66. The van der Waals surface area contributed by atoms with Crippen molar-refractivity contribution in [2.24, 2.45) is 23.1 Å². The number of hydrogen-bond acceptors (Lipinski definition) is 16. The van der Waals surface area contributed by atoms with E-state index in [0.29, 0.717) is 36.0 Å². The molecule has 2 atom stereocenters. The first kappa shape index (κ1) is 39.0. The van der Waals surface area contributed by atoms with Crippen LogP contribution in [0.1, 0.15) is 74.8 Å². The smallest absolute Gasteiger partial charge is 0.271 e. The van der Waals surface area contributed by atoms with Crippen LogP contribution in [0.4, 0.5) is 37.7 Å². The molecule has 2 amide bonds. The summed E-state index contributed by atoms with van der Waals surface area (Å²) in [6.45, 7) is 6.74. The second kappa shape index (κ2) is 17.7. The Labute approximate surface area is 325 Å². The summed E-state index contributed by atoms with van der Waals surface area (Å²) in [5, 5.41) is 7.69. The predicted molar refractivity (Wildman–Crippen MR) is 211 cm³/mol. The zero-order valence-electron chi connectivity index (χ0n) is 30.4. The van der Waals surface area contributed by atoms with Crippen LogP contribution in [-0.4, -0.2) is 78.5 Å². The number of amides is 2. The van der Waals surface area contributed by atoms with Crippen LogP contribution in [0.15, 0.2) is 48.8 Å². The maximum absolute atomic E-state index is 13.5. The van der Waals surface area contributed by atoms with Crippen LogP contribution in [0.3, 0.4) is 0 Å². The van der Waals surface area contributed by atoms with Gasteiger partial charge in [-0.1, -0.05) is 12.1 Å². The van der Waals surface area contributed by atoms with E-state index in [4.69, 9.17) is 17.2 Å². The lowest BCUT2D eigenvalue weighted by atomic mass is 9.91. The second-order valence-electron chi connectivity index (χ2n) is 13.4. The largest absolute Gasteiger partial charge is 0.364 e. The maximum Gasteiger partial charge on any atom is 0.271 e. The molecule has 288 valence electrons. The number of piperidine rings is 2. The normalized spacial score (nSPS) is 16.9. The molecule has 55 heavy (non-hydrogen) atoms. The van der Waals surface area contributed by atoms with Crippen LogP contribution in [0.25, 0.3) is 0 Å². The van der Waals surface area contributed by atoms with E-state index in [1.165, 1.54) is 41.4 Å². The molecule has 2 aliphatic heterocycles. The van der Waals surface area contributed by atoms with Gasteiger partial charge in [-0.15, -0.1) is 0 Å². The van der Waals surface area contributed by atoms with Gasteiger partial charge in [0.1, 0.15) is 27.5 Å². The van der Waals surface area contributed by atoms with Gasteiger partial charge in [0.05, 0.1) is 23.8 Å². The molecule has 0 radical (unpaired) electrons. The SMILES string of the molecule is Cc1cc(Nc2nc(N3CCC[C@@H](CC(=O)c4cccc(F)c4)C3)cnc2C(N)=O)sn1.Cc1cc(Nc2nc(N3CCC[C@@H](N)C3)cnc2C(N)=O)sn1. The number of carbonyl (C=O) groups is 3. The number of rotatable bonds is 11. The number of nitrogens with one attached hydrogen (secondary N) is 2. The zero-order valence-corrected chi connectivity index (χ0v) is 32.0. The highest BCUT2D eigenvalue weighted by Gasteiger charge is 2.26. The first-order valence-electron chi connectivity index (χ1n) is 17.7. The van der Waals surface area contributed by atoms with Crippen molar-refractivity contribution >= 4 is 73.9 Å². The number of primary amides is 2. The Morgan fingerprint density at radius 2 is 1.36 bits per heavy atom. The van der Waals surface area contributed by atoms with Gasteiger partial charge in [-0.25, -0.2) is 24.3 Å². The zero-order chi connectivity index (χ0) is 39.1. The minimum atomic E-state index is -0.676. The van der Waals surface area contributed by atoms with Gasteiger partial charge in [0.2, 0.25) is 0 Å². The highest BCUT2D eigenvalue weighted by molar-refractivity contribution is 7.10. The molecule has 0 aliphatic carbocycles. The molecule has 4 aromatic heterocycles. The van der Waals surface area contributed by atoms with Crippen molar-refractivity contribution < 1.29 is 18.8 Å². The lowest BCUT2D eigenvalue weighted by molar-refractivity contribution is 0.0953. The van der Waals surface area contributed by atoms with Crippen LogP contribution < -0.4 is 37.6 Å². The fraction of sp³-hybridized carbons (Fsp3) is 0.361. The van der Waals surface area contributed by atoms with Gasteiger partial charge in [-0.3, -0.25) is 14.4 Å². The minimum Gasteiger partial charge on any atom is -0.364 e. The third-order valence-electron chi connectivity index (χ3n) is 8.97. The average Bonchev–Trinajstić information content (AvgIpc) is 3.77. The molecule has 2 fully saturated rings. The summed E-state index contributed by atoms with van der Waals surface area (Å²) in [7, 11) is 0. The van der Waals surface area contributed by atoms with Gasteiger partial charge in [-0.05, 0) is 92.8 Å². The molecule has 0 saturated carbocycles. The van der Waals surface area contributed by atoms with Crippen molar-refractivity contribution in [1.29, 1.82) is 0 Å². The fourth-order valence-electron chi connectivity index (χ4n) is 6.38. The summed E-state index contributed by atoms with van der Waals surface area (Å²) >= 11 is 2.55. The average molecular weight is 788 g/mol. The molecule has 0 bridgehead atoms. The molecule has 1 aromatic carbocycles. The van der Waals surface area contributed by atoms with E-state index in [1.807, 2.05) is 30.9 Å². The molecule has 2 aliphatic rings. The summed E-state index contributed by atoms with van der Waals surface area (Å²) in [6.07, 6.45) is 7.23. The van der Waals surface area contributed by atoms with E-state index in [0.717, 1.165) is 66.7 Å². The predicted octanol–water partition coefficient (Wildman–Crippen LogP) is 4.72. The quantitative estimate of drug-likeness (QED) is 0.114. The summed E-state index contributed by atoms with van der Waals surface area (Å²) in [5.41, 5.74) is 19.2. The number of nitrogens with zero attached hydrogens (tertiary/aromatic N) is 8. The molecular formula is C36H42FN13O3S2. The lowest BCUT2D eigenvalue weighted by Crippen LogP contribution is -2.43. The Morgan fingerprint density at radius 3 is 1.85 bits per heavy atom. The monoisotopic (exact) mass is 787 g/mol. The third kappa shape index (κ3) is 10.3. The Morgan fingerprint density at radius 1 is 0.818 bits per heavy atom. The summed E-state index contributed by atoms with van der Waals surface area (Å²) in [4.78, 5) is 57.7. The Balaban J connectivity index is 0.000000197. The number of hydrogen-bond donors (Lipinski definition) is 5. The van der Waals surface area contributed by atoms with Gasteiger partial charge in [0.25, 0.3) is 11.8 Å². The number of benzene rings is 1. The number of carbonyl (C=O) groups excluding carboxylic acids is 3. The van der Waals surface area contributed by atoms with Crippen LogP contribution in [0, 0.1) is 25.6 Å². The highest BCUT2D eigenvalue weighted by Crippen LogP contribution is 2.29. The number of aromatic nitrogens is 6. The number of anilines is 6. The van der Waals surface area contributed by atoms with Crippen LogP contribution in [-0.2, 0) is 0 Å². The number of halogens is 1. The van der Waals surface area contributed by atoms with E-state index in [-0.39, 0.29) is 34.9 Å². The fourth-order valence-corrected chi connectivity index (χ4v) is 7.70. The Kier molecular flexibility index (Phi) is 12.5. The molecule has 16 nitrogen and oxygen atoms in total. The van der Waals surface area contributed by atoms with E-state index < -0.39 is 17.6 Å². The number of aryl methyl sites for hydroxylation is 2. The van der Waals surface area contributed by atoms with Crippen LogP contribution in [0.2, 0.25) is 0 Å². The van der Waals surface area contributed by atoms with E-state index in [2.05, 4.69) is 44.2 Å². The molecule has 2 saturated heterocycles. The molecule has 19 heteroatoms. The highest BCUT2D eigenvalue weighted by atomic mass is 32.1. The van der Waals surface area contributed by atoms with Crippen molar-refractivity contribution in [2.45, 2.75) is 52.0 Å². The number of Topliss-reactive ketones (excluding diaryl/α,β-unsaturated/α-hetero) is 1. The molecule has 0 spiro atoms. The van der Waals surface area contributed by atoms with E-state index in [1.54, 1.807) is 18.3 Å². The van der Waals surface area contributed by atoms with Crippen molar-refractivity contribution in [3.8, 4) is 0 Å². The van der Waals surface area contributed by atoms with Crippen LogP contribution in [0.5, 0.6) is 0 Å². The van der Waals surface area contributed by atoms with Gasteiger partial charge in [0.15, 0.2) is 28.8 Å². The van der Waals surface area contributed by atoms with Crippen molar-refractivity contribution in [3.05, 3.63) is 82.9 Å². The first-order chi connectivity index (χ1) is 26.4. The maximum atomic E-state index is 13.5. The van der Waals surface area contributed by atoms with Gasteiger partial charge in [0, 0.05) is 44.2 Å². The molecule has 0 unspecified atom stereocenters. The molecule has 5 aromatic rings. The lowest BCUT2D eigenvalue weighted by Gasteiger charge is -2.33. The molecular weight excluding hydrogens is 746 g/mol. The van der Waals surface area contributed by atoms with Crippen molar-refractivity contribution in [1.82, 2.24) is 28.7 Å². The number of nitrogens with two attached hydrogens (primary N) is 3. The van der Waals surface area contributed by atoms with E-state index >= 15 is 0 Å². The molecule has 8 N–H and O–H groups in total. The number of ketones is 1. The summed E-state index contributed by atoms with van der Waals surface area (Å²) in [5.74, 6) is 0.229. The van der Waals surface area contributed by atoms with E-state index in [9.17, 15) is 18.8 Å². The summed E-state index contributed by atoms with van der Waals surface area (Å²) in [6, 6.07) is 9.63. The molecule has 6 heterocycles. The summed E-state index contributed by atoms with van der Waals surface area (Å²) < 4.78 is 21.9. The Bertz CT molecular complexity index is 2160. The first-order valence-corrected chi connectivity index (χ1v) is 19.2. The van der Waals surface area contributed by atoms with Gasteiger partial charge in [-0.2, -0.15) is 8.75 Å². The van der Waals surface area contributed by atoms with Gasteiger partial charge < -0.3 is 37.6 Å². The van der Waals surface area contributed by atoms with Crippen molar-refractivity contribution in [3.63, 3.8) is 0 Å². The van der Waals surface area contributed by atoms with Gasteiger partial charge >= 0.3 is 0 Å². The third-order valence-corrected chi connectivity index (χ3v) is 10.6. The second-order valence-corrected chi connectivity index (χ2v) is 15.0. The van der Waals surface area contributed by atoms with Crippen LogP contribution >= 0.6 is 23.1 Å². The molecule has 7 rings (SSSR count). The standard InChI is InChI=1S/C22H23FN6O2S.C14H19N7OS/c1-13-8-19(32-28-13)27-22-20(21(24)31)25-11-18(26-22)29-7-3-4-14(12-29)9-17(30)15-5-2-6-16(23)10-15;1-8-5-11(23-20-8)19-14-12(13(16)22)17-6-10(18-14)21-4-2-3-9(15)7-21/h2,5-6,8,10-11,14H,3-4,7,9,12H2,1H3,(H2,24,31)(H,26,27);5-6,9H,2-4,7,15H2,1H3,(H2,16,22)(H,18,19)/t14-;9-/m01/s1. The van der Waals surface area contributed by atoms with Crippen molar-refractivity contribution in [2.75, 3.05) is 46.6 Å². The minimum absolute atomic E-state index is 0.0506. The topological polar surface area (TPSA) is 237 Å².